The largest absolute Gasteiger partial charge is 0.455 e. The van der Waals surface area contributed by atoms with E-state index >= 15 is 0 Å². The lowest BCUT2D eigenvalue weighted by molar-refractivity contribution is 0.670. The predicted molar refractivity (Wildman–Crippen MR) is 221 cm³/mol. The van der Waals surface area contributed by atoms with Crippen molar-refractivity contribution in [3.8, 4) is 16.8 Å². The molecule has 0 N–H and O–H groups in total. The molecule has 3 heterocycles. The van der Waals surface area contributed by atoms with E-state index in [2.05, 4.69) is 185 Å². The number of nitrogens with zero attached hydrogens (tertiary/aromatic N) is 2. The lowest BCUT2D eigenvalue weighted by Gasteiger charge is -2.27. The summed E-state index contributed by atoms with van der Waals surface area (Å²) in [5.74, 6) is 0. The van der Waals surface area contributed by atoms with Crippen molar-refractivity contribution in [2.24, 2.45) is 0 Å². The Kier molecular flexibility index (Phi) is 6.42. The van der Waals surface area contributed by atoms with Crippen LogP contribution < -0.4 is 4.90 Å². The number of rotatable bonds is 5. The molecule has 11 aromatic rings. The summed E-state index contributed by atoms with van der Waals surface area (Å²) in [5.41, 5.74) is 10.6. The Hall–Kier alpha value is -6.62. The lowest BCUT2D eigenvalue weighted by Crippen LogP contribution is -2.10. The second-order valence-electron chi connectivity index (χ2n) is 13.3. The van der Waals surface area contributed by atoms with Crippen LogP contribution in [-0.2, 0) is 0 Å². The number of thiophene rings is 1. The van der Waals surface area contributed by atoms with Gasteiger partial charge in [0, 0.05) is 70.0 Å². The molecule has 52 heavy (non-hydrogen) atoms. The number of hydrogen-bond acceptors (Lipinski definition) is 3. The quantitative estimate of drug-likeness (QED) is 0.180. The van der Waals surface area contributed by atoms with Gasteiger partial charge in [-0.2, -0.15) is 0 Å². The van der Waals surface area contributed by atoms with Crippen LogP contribution in [0.2, 0.25) is 0 Å². The number of para-hydroxylation sites is 5. The molecule has 3 nitrogen and oxygen atoms in total. The molecule has 0 fully saturated rings. The monoisotopic (exact) mass is 682 g/mol. The Bertz CT molecular complexity index is 3090. The van der Waals surface area contributed by atoms with E-state index in [1.165, 1.54) is 42.0 Å². The third-order valence-electron chi connectivity index (χ3n) is 10.3. The van der Waals surface area contributed by atoms with Crippen LogP contribution in [0.4, 0.5) is 17.1 Å². The van der Waals surface area contributed by atoms with Crippen LogP contribution in [0, 0.1) is 0 Å². The van der Waals surface area contributed by atoms with E-state index in [-0.39, 0.29) is 0 Å². The minimum atomic E-state index is 0.895. The molecular weight excluding hydrogens is 653 g/mol. The maximum absolute atomic E-state index is 6.64. The van der Waals surface area contributed by atoms with Gasteiger partial charge in [-0.25, -0.2) is 0 Å². The summed E-state index contributed by atoms with van der Waals surface area (Å²) < 4.78 is 11.7. The number of aromatic nitrogens is 1. The fraction of sp³-hybridized carbons (Fsp3) is 0. The predicted octanol–water partition coefficient (Wildman–Crippen LogP) is 14.2. The topological polar surface area (TPSA) is 21.3 Å². The van der Waals surface area contributed by atoms with Gasteiger partial charge in [-0.15, -0.1) is 11.3 Å². The van der Waals surface area contributed by atoms with Gasteiger partial charge >= 0.3 is 0 Å². The molecule has 0 saturated heterocycles. The zero-order valence-corrected chi connectivity index (χ0v) is 28.8. The SMILES string of the molecule is c1ccc(N(c2ccccc2)c2cc(-c3cccc4c3oc3ccccc34)cc(-n3c4ccccc4c4c5sc6ccccc6c5ccc43)c2)cc1. The first-order valence-electron chi connectivity index (χ1n) is 17.6. The molecule has 0 aliphatic rings. The fourth-order valence-electron chi connectivity index (χ4n) is 8.10. The van der Waals surface area contributed by atoms with Crippen molar-refractivity contribution in [3.63, 3.8) is 0 Å². The molecule has 244 valence electrons. The third-order valence-corrected chi connectivity index (χ3v) is 11.5. The maximum Gasteiger partial charge on any atom is 0.143 e. The van der Waals surface area contributed by atoms with E-state index in [9.17, 15) is 0 Å². The average molecular weight is 683 g/mol. The van der Waals surface area contributed by atoms with E-state index in [0.717, 1.165) is 55.8 Å². The second-order valence-corrected chi connectivity index (χ2v) is 14.4. The van der Waals surface area contributed by atoms with Crippen LogP contribution >= 0.6 is 11.3 Å². The van der Waals surface area contributed by atoms with Crippen LogP contribution in [0.25, 0.3) is 80.7 Å². The molecule has 0 unspecified atom stereocenters. The molecule has 0 bridgehead atoms. The van der Waals surface area contributed by atoms with E-state index in [1.54, 1.807) is 0 Å². The minimum absolute atomic E-state index is 0.895. The zero-order chi connectivity index (χ0) is 34.2. The Morgan fingerprint density at radius 1 is 0.462 bits per heavy atom. The van der Waals surface area contributed by atoms with E-state index in [0.29, 0.717) is 0 Å². The summed E-state index contributed by atoms with van der Waals surface area (Å²) >= 11 is 1.89. The highest BCUT2D eigenvalue weighted by Gasteiger charge is 2.21. The van der Waals surface area contributed by atoms with Crippen LogP contribution in [0.3, 0.4) is 0 Å². The maximum atomic E-state index is 6.64. The van der Waals surface area contributed by atoms with Crippen molar-refractivity contribution in [2.75, 3.05) is 4.90 Å². The molecule has 3 aromatic heterocycles. The standard InChI is InChI=1S/C48H30N2OS/c1-3-14-32(15-4-1)49(33-16-5-2-6-17-33)34-28-31(36-21-13-22-39-37-18-8-11-24-44(37)51-47(36)39)29-35(30-34)50-42-23-10-7-20-41(42)46-43(50)27-26-40-38-19-9-12-25-45(38)52-48(40)46/h1-30H. The first kappa shape index (κ1) is 29.1. The van der Waals surface area contributed by atoms with E-state index in [4.69, 9.17) is 4.42 Å². The normalized spacial score (nSPS) is 11.8. The molecule has 0 aliphatic heterocycles. The van der Waals surface area contributed by atoms with Crippen molar-refractivity contribution in [3.05, 3.63) is 182 Å². The summed E-state index contributed by atoms with van der Waals surface area (Å²) in [7, 11) is 0. The highest BCUT2D eigenvalue weighted by atomic mass is 32.1. The Labute approximate surface area is 303 Å². The fourth-order valence-corrected chi connectivity index (χ4v) is 9.36. The van der Waals surface area contributed by atoms with Gasteiger partial charge in [-0.3, -0.25) is 0 Å². The third kappa shape index (κ3) is 4.38. The van der Waals surface area contributed by atoms with Crippen LogP contribution in [0.1, 0.15) is 0 Å². The van der Waals surface area contributed by atoms with Crippen molar-refractivity contribution >= 4 is 92.3 Å². The molecular formula is C48H30N2OS. The summed E-state index contributed by atoms with van der Waals surface area (Å²) in [6.07, 6.45) is 0. The van der Waals surface area contributed by atoms with E-state index in [1.807, 2.05) is 17.4 Å². The summed E-state index contributed by atoms with van der Waals surface area (Å²) in [4.78, 5) is 2.35. The van der Waals surface area contributed by atoms with Crippen LogP contribution in [-0.4, -0.2) is 4.57 Å². The number of benzene rings is 8. The zero-order valence-electron chi connectivity index (χ0n) is 28.0. The average Bonchev–Trinajstić information content (AvgIpc) is 3.88. The van der Waals surface area contributed by atoms with Gasteiger partial charge in [0.05, 0.1) is 11.0 Å². The van der Waals surface area contributed by atoms with E-state index < -0.39 is 0 Å². The van der Waals surface area contributed by atoms with Gasteiger partial charge in [0.25, 0.3) is 0 Å². The molecule has 0 radical (unpaired) electrons. The first-order chi connectivity index (χ1) is 25.8. The molecule has 0 atom stereocenters. The Morgan fingerprint density at radius 3 is 1.94 bits per heavy atom. The molecule has 0 amide bonds. The number of fused-ring (bicyclic) bond motifs is 10. The lowest BCUT2D eigenvalue weighted by atomic mass is 10.00. The second kappa shape index (κ2) is 11.5. The van der Waals surface area contributed by atoms with Crippen molar-refractivity contribution in [1.29, 1.82) is 0 Å². The van der Waals surface area contributed by atoms with Crippen molar-refractivity contribution in [1.82, 2.24) is 4.57 Å². The Balaban J connectivity index is 1.25. The number of furan rings is 1. The highest BCUT2D eigenvalue weighted by molar-refractivity contribution is 7.26. The molecule has 4 heteroatoms. The summed E-state index contributed by atoms with van der Waals surface area (Å²) in [5, 5.41) is 7.41. The van der Waals surface area contributed by atoms with Crippen LogP contribution in [0.15, 0.2) is 186 Å². The van der Waals surface area contributed by atoms with Gasteiger partial charge in [0.15, 0.2) is 0 Å². The first-order valence-corrected chi connectivity index (χ1v) is 18.4. The van der Waals surface area contributed by atoms with Crippen molar-refractivity contribution < 1.29 is 4.42 Å². The molecule has 11 rings (SSSR count). The molecule has 8 aromatic carbocycles. The Morgan fingerprint density at radius 2 is 1.13 bits per heavy atom. The number of hydrogen-bond donors (Lipinski definition) is 0. The number of anilines is 3. The summed E-state index contributed by atoms with van der Waals surface area (Å²) in [6.45, 7) is 0. The molecule has 0 saturated carbocycles. The van der Waals surface area contributed by atoms with Crippen LogP contribution in [0.5, 0.6) is 0 Å². The molecule has 0 aliphatic carbocycles. The smallest absolute Gasteiger partial charge is 0.143 e. The van der Waals surface area contributed by atoms with Crippen molar-refractivity contribution in [2.45, 2.75) is 0 Å². The summed E-state index contributed by atoms with van der Waals surface area (Å²) in [6, 6.07) is 65.3. The van der Waals surface area contributed by atoms with Gasteiger partial charge in [-0.1, -0.05) is 115 Å². The van der Waals surface area contributed by atoms with Gasteiger partial charge in [0.2, 0.25) is 0 Å². The van der Waals surface area contributed by atoms with Gasteiger partial charge in [0.1, 0.15) is 11.2 Å². The van der Waals surface area contributed by atoms with Gasteiger partial charge < -0.3 is 13.9 Å². The minimum Gasteiger partial charge on any atom is -0.455 e. The highest BCUT2D eigenvalue weighted by Crippen LogP contribution is 2.46. The van der Waals surface area contributed by atoms with Gasteiger partial charge in [-0.05, 0) is 72.3 Å². The molecule has 0 spiro atoms.